The fourth-order valence-electron chi connectivity index (χ4n) is 5.10. The largest absolute Gasteiger partial charge is 0.360 e. The number of anilines is 1. The maximum atomic E-state index is 13.2. The molecule has 2 saturated heterocycles. The molecule has 0 bridgehead atoms. The highest BCUT2D eigenvalue weighted by Crippen LogP contribution is 2.29. The van der Waals surface area contributed by atoms with Crippen molar-refractivity contribution in [1.82, 2.24) is 4.90 Å². The van der Waals surface area contributed by atoms with Gasteiger partial charge in [0.15, 0.2) is 16.4 Å². The normalized spacial score (nSPS) is 25.4. The van der Waals surface area contributed by atoms with Crippen molar-refractivity contribution >= 4 is 21.4 Å². The smallest absolute Gasteiger partial charge is 0.278 e. The third-order valence-electron chi connectivity index (χ3n) is 6.67. The molecule has 29 heavy (non-hydrogen) atoms. The standard InChI is InChI=1S/C21H30FN3O3S/c22-17-5-7-18(8-6-17)24-12-10-23(11-13-24)15-21(26)25(19-3-1-2-4-19)20-9-14-29(27,28)16-20/h5-8,19-20H,1-4,9-16H2/p+1/t20-/m0/s1. The van der Waals surface area contributed by atoms with Crippen molar-refractivity contribution in [2.75, 3.05) is 49.1 Å². The fourth-order valence-corrected chi connectivity index (χ4v) is 6.81. The molecule has 1 amide bonds. The highest BCUT2D eigenvalue weighted by atomic mass is 32.2. The molecule has 1 aromatic rings. The lowest BCUT2D eigenvalue weighted by atomic mass is 10.1. The Kier molecular flexibility index (Phi) is 6.11. The fraction of sp³-hybridized carbons (Fsp3) is 0.667. The van der Waals surface area contributed by atoms with E-state index in [9.17, 15) is 17.6 Å². The predicted molar refractivity (Wildman–Crippen MR) is 110 cm³/mol. The van der Waals surface area contributed by atoms with E-state index in [0.717, 1.165) is 57.5 Å². The summed E-state index contributed by atoms with van der Waals surface area (Å²) < 4.78 is 37.1. The van der Waals surface area contributed by atoms with E-state index in [0.29, 0.717) is 13.0 Å². The molecule has 1 aromatic carbocycles. The molecule has 3 aliphatic rings. The summed E-state index contributed by atoms with van der Waals surface area (Å²) in [5.41, 5.74) is 1.01. The van der Waals surface area contributed by atoms with Crippen LogP contribution in [0, 0.1) is 5.82 Å². The maximum Gasteiger partial charge on any atom is 0.278 e. The van der Waals surface area contributed by atoms with Gasteiger partial charge in [-0.2, -0.15) is 0 Å². The first-order chi connectivity index (χ1) is 13.9. The van der Waals surface area contributed by atoms with Crippen LogP contribution in [0.25, 0.3) is 0 Å². The monoisotopic (exact) mass is 424 g/mol. The summed E-state index contributed by atoms with van der Waals surface area (Å²) in [4.78, 5) is 18.7. The van der Waals surface area contributed by atoms with Gasteiger partial charge >= 0.3 is 0 Å². The van der Waals surface area contributed by atoms with E-state index in [1.54, 1.807) is 12.1 Å². The molecule has 6 nitrogen and oxygen atoms in total. The van der Waals surface area contributed by atoms with Gasteiger partial charge in [-0.15, -0.1) is 0 Å². The van der Waals surface area contributed by atoms with Crippen LogP contribution in [0.3, 0.4) is 0 Å². The lowest BCUT2D eigenvalue weighted by molar-refractivity contribution is -0.892. The molecule has 0 aromatic heterocycles. The van der Waals surface area contributed by atoms with Crippen molar-refractivity contribution in [1.29, 1.82) is 0 Å². The minimum absolute atomic E-state index is 0.115. The number of nitrogens with zero attached hydrogens (tertiary/aromatic N) is 2. The van der Waals surface area contributed by atoms with Gasteiger partial charge in [-0.25, -0.2) is 12.8 Å². The molecule has 0 unspecified atom stereocenters. The van der Waals surface area contributed by atoms with Gasteiger partial charge in [-0.3, -0.25) is 4.79 Å². The third-order valence-corrected chi connectivity index (χ3v) is 8.42. The molecule has 2 heterocycles. The zero-order chi connectivity index (χ0) is 20.4. The Labute approximate surface area is 172 Å². The second-order valence-corrected chi connectivity index (χ2v) is 10.9. The Balaban J connectivity index is 1.36. The number of nitrogens with one attached hydrogen (secondary N) is 1. The van der Waals surface area contributed by atoms with E-state index in [2.05, 4.69) is 4.90 Å². The molecule has 2 aliphatic heterocycles. The number of benzene rings is 1. The number of hydrogen-bond donors (Lipinski definition) is 1. The second-order valence-electron chi connectivity index (χ2n) is 8.69. The van der Waals surface area contributed by atoms with Gasteiger partial charge in [0.1, 0.15) is 5.82 Å². The summed E-state index contributed by atoms with van der Waals surface area (Å²) in [6.45, 7) is 3.80. The number of hydrogen-bond acceptors (Lipinski definition) is 4. The Bertz CT molecular complexity index is 816. The minimum atomic E-state index is -3.01. The van der Waals surface area contributed by atoms with E-state index in [1.807, 2.05) is 4.90 Å². The first-order valence-electron chi connectivity index (χ1n) is 10.8. The molecule has 4 rings (SSSR count). The van der Waals surface area contributed by atoms with E-state index < -0.39 is 9.84 Å². The molecule has 0 radical (unpaired) electrons. The molecule has 3 fully saturated rings. The molecular weight excluding hydrogens is 393 g/mol. The van der Waals surface area contributed by atoms with E-state index >= 15 is 0 Å². The van der Waals surface area contributed by atoms with Gasteiger partial charge in [0, 0.05) is 17.8 Å². The molecule has 1 aliphatic carbocycles. The molecule has 8 heteroatoms. The van der Waals surface area contributed by atoms with Crippen LogP contribution in [-0.2, 0) is 14.6 Å². The average Bonchev–Trinajstić information content (AvgIpc) is 3.33. The lowest BCUT2D eigenvalue weighted by Crippen LogP contribution is -3.16. The molecule has 1 N–H and O–H groups in total. The summed E-state index contributed by atoms with van der Waals surface area (Å²) in [6.07, 6.45) is 4.82. The Morgan fingerprint density at radius 3 is 2.31 bits per heavy atom. The van der Waals surface area contributed by atoms with Crippen molar-refractivity contribution in [3.63, 3.8) is 0 Å². The van der Waals surface area contributed by atoms with Gasteiger partial charge < -0.3 is 14.7 Å². The Morgan fingerprint density at radius 1 is 1.07 bits per heavy atom. The van der Waals surface area contributed by atoms with E-state index in [1.165, 1.54) is 17.0 Å². The van der Waals surface area contributed by atoms with Crippen LogP contribution in [0.15, 0.2) is 24.3 Å². The maximum absolute atomic E-state index is 13.2. The summed E-state index contributed by atoms with van der Waals surface area (Å²) in [5.74, 6) is 0.217. The molecule has 160 valence electrons. The van der Waals surface area contributed by atoms with Crippen LogP contribution in [0.1, 0.15) is 32.1 Å². The number of carbonyl (C=O) groups is 1. The number of piperazine rings is 1. The van der Waals surface area contributed by atoms with Gasteiger partial charge in [0.05, 0.1) is 37.7 Å². The summed E-state index contributed by atoms with van der Waals surface area (Å²) in [6, 6.07) is 6.62. The molecule has 0 spiro atoms. The summed E-state index contributed by atoms with van der Waals surface area (Å²) in [7, 11) is -3.01. The van der Waals surface area contributed by atoms with Gasteiger partial charge in [0.2, 0.25) is 0 Å². The Morgan fingerprint density at radius 2 is 1.72 bits per heavy atom. The number of carbonyl (C=O) groups excluding carboxylic acids is 1. The number of rotatable bonds is 5. The number of sulfone groups is 1. The molecule has 1 saturated carbocycles. The van der Waals surface area contributed by atoms with Crippen LogP contribution in [0.5, 0.6) is 0 Å². The average molecular weight is 425 g/mol. The highest BCUT2D eigenvalue weighted by molar-refractivity contribution is 7.91. The zero-order valence-corrected chi connectivity index (χ0v) is 17.7. The zero-order valence-electron chi connectivity index (χ0n) is 16.9. The van der Waals surface area contributed by atoms with Crippen molar-refractivity contribution in [2.24, 2.45) is 0 Å². The number of quaternary nitrogens is 1. The summed E-state index contributed by atoms with van der Waals surface area (Å²) in [5, 5.41) is 0. The van der Waals surface area contributed by atoms with Crippen molar-refractivity contribution in [3.05, 3.63) is 30.1 Å². The first-order valence-corrected chi connectivity index (χ1v) is 12.6. The van der Waals surface area contributed by atoms with Crippen LogP contribution in [-0.4, -0.2) is 75.5 Å². The highest BCUT2D eigenvalue weighted by Gasteiger charge is 2.40. The van der Waals surface area contributed by atoms with Crippen molar-refractivity contribution in [3.8, 4) is 0 Å². The molecular formula is C21H31FN3O3S+. The SMILES string of the molecule is O=C(C[NH+]1CCN(c2ccc(F)cc2)CC1)N(C1CCCC1)[C@H]1CCS(=O)(=O)C1. The van der Waals surface area contributed by atoms with Crippen LogP contribution in [0.2, 0.25) is 0 Å². The molecule has 1 atom stereocenters. The summed E-state index contributed by atoms with van der Waals surface area (Å²) >= 11 is 0. The van der Waals surface area contributed by atoms with Crippen LogP contribution in [0.4, 0.5) is 10.1 Å². The van der Waals surface area contributed by atoms with Crippen molar-refractivity contribution in [2.45, 2.75) is 44.2 Å². The Hall–Kier alpha value is -1.67. The second kappa shape index (κ2) is 8.60. The predicted octanol–water partition coefficient (Wildman–Crippen LogP) is 0.489. The van der Waals surface area contributed by atoms with Gasteiger partial charge in [-0.05, 0) is 43.5 Å². The van der Waals surface area contributed by atoms with E-state index in [4.69, 9.17) is 0 Å². The van der Waals surface area contributed by atoms with E-state index in [-0.39, 0.29) is 35.3 Å². The number of amides is 1. The van der Waals surface area contributed by atoms with Crippen LogP contribution >= 0.6 is 0 Å². The van der Waals surface area contributed by atoms with Crippen molar-refractivity contribution < 1.29 is 22.5 Å². The lowest BCUT2D eigenvalue weighted by Gasteiger charge is -2.37. The van der Waals surface area contributed by atoms with Gasteiger partial charge in [0.25, 0.3) is 5.91 Å². The topological polar surface area (TPSA) is 62.1 Å². The quantitative estimate of drug-likeness (QED) is 0.747. The third kappa shape index (κ3) is 4.91. The number of halogens is 1. The first kappa shape index (κ1) is 20.6. The minimum Gasteiger partial charge on any atom is -0.360 e. The van der Waals surface area contributed by atoms with Gasteiger partial charge in [-0.1, -0.05) is 12.8 Å². The van der Waals surface area contributed by atoms with Crippen LogP contribution < -0.4 is 9.80 Å².